The molecule has 10 nitrogen and oxygen atoms in total. The number of carbonyl (C=O) groups is 4. The predicted octanol–water partition coefficient (Wildman–Crippen LogP) is 4.89. The molecule has 1 fully saturated rings. The van der Waals surface area contributed by atoms with Gasteiger partial charge in [0.2, 0.25) is 11.8 Å². The van der Waals surface area contributed by atoms with E-state index in [2.05, 4.69) is 22.8 Å². The van der Waals surface area contributed by atoms with Crippen molar-refractivity contribution in [2.75, 3.05) is 26.4 Å². The maximum Gasteiger partial charge on any atom is 0.407 e. The van der Waals surface area contributed by atoms with Crippen LogP contribution in [0.1, 0.15) is 61.1 Å². The Morgan fingerprint density at radius 3 is 2.34 bits per heavy atom. The third-order valence-electron chi connectivity index (χ3n) is 9.93. The van der Waals surface area contributed by atoms with Crippen LogP contribution in [0.15, 0.2) is 91.0 Å². The van der Waals surface area contributed by atoms with Crippen LogP contribution in [0.2, 0.25) is 0 Å². The Bertz CT molecular complexity index is 1650. The number of amides is 3. The molecule has 0 radical (unpaired) electrons. The highest BCUT2D eigenvalue weighted by molar-refractivity contribution is 5.86. The number of nitrogens with one attached hydrogen (secondary N) is 2. The summed E-state index contributed by atoms with van der Waals surface area (Å²) in [6.45, 7) is 0.468. The molecule has 262 valence electrons. The summed E-state index contributed by atoms with van der Waals surface area (Å²) in [6, 6.07) is 24.0. The molecule has 2 heterocycles. The van der Waals surface area contributed by atoms with E-state index < -0.39 is 30.1 Å². The lowest BCUT2D eigenvalue weighted by atomic mass is 9.97. The van der Waals surface area contributed by atoms with Crippen molar-refractivity contribution in [1.29, 1.82) is 0 Å². The first-order valence-corrected chi connectivity index (χ1v) is 17.6. The molecule has 1 saturated heterocycles. The number of nitrogens with zero attached hydrogens (tertiary/aromatic N) is 1. The second-order valence-electron chi connectivity index (χ2n) is 13.3. The lowest BCUT2D eigenvalue weighted by molar-refractivity contribution is -0.147. The van der Waals surface area contributed by atoms with Crippen molar-refractivity contribution in [1.82, 2.24) is 15.5 Å². The van der Waals surface area contributed by atoms with Crippen LogP contribution in [-0.2, 0) is 30.3 Å². The van der Waals surface area contributed by atoms with Crippen LogP contribution in [0.25, 0.3) is 11.1 Å². The molecule has 3 aromatic carbocycles. The van der Waals surface area contributed by atoms with Crippen LogP contribution < -0.4 is 10.6 Å². The number of benzene rings is 3. The normalized spacial score (nSPS) is 22.6. The SMILES string of the molecule is O=C(N[C@H]1CCC=CC[C@H](CC(=O)N2CCC[C@H]2CO)C(=O)N[C@H](Cc2ccccc2)COC1=O)OCC1c2ccccc2-c2ccccc21. The fraction of sp³-hybridized carbons (Fsp3) is 0.400. The highest BCUT2D eigenvalue weighted by atomic mass is 16.6. The van der Waals surface area contributed by atoms with E-state index in [-0.39, 0.29) is 56.4 Å². The second kappa shape index (κ2) is 16.6. The summed E-state index contributed by atoms with van der Waals surface area (Å²) in [7, 11) is 0. The van der Waals surface area contributed by atoms with Gasteiger partial charge in [-0.05, 0) is 66.3 Å². The van der Waals surface area contributed by atoms with Crippen LogP contribution in [-0.4, -0.2) is 78.4 Å². The van der Waals surface area contributed by atoms with Crippen molar-refractivity contribution in [3.05, 3.63) is 108 Å². The smallest absolute Gasteiger partial charge is 0.407 e. The number of aliphatic hydroxyl groups excluding tert-OH is 1. The first-order chi connectivity index (χ1) is 24.4. The molecule has 3 amide bonds. The summed E-state index contributed by atoms with van der Waals surface area (Å²) in [5, 5.41) is 15.5. The Hall–Kier alpha value is -4.96. The van der Waals surface area contributed by atoms with Gasteiger partial charge in [-0.15, -0.1) is 0 Å². The molecule has 0 aromatic heterocycles. The van der Waals surface area contributed by atoms with Crippen molar-refractivity contribution in [2.45, 2.75) is 69.0 Å². The Morgan fingerprint density at radius 2 is 1.62 bits per heavy atom. The van der Waals surface area contributed by atoms with Crippen molar-refractivity contribution in [2.24, 2.45) is 5.92 Å². The molecule has 0 bridgehead atoms. The topological polar surface area (TPSA) is 134 Å². The van der Waals surface area contributed by atoms with E-state index in [4.69, 9.17) is 9.47 Å². The van der Waals surface area contributed by atoms with Gasteiger partial charge < -0.3 is 30.1 Å². The fourth-order valence-corrected chi connectivity index (χ4v) is 7.29. The van der Waals surface area contributed by atoms with Gasteiger partial charge in [-0.1, -0.05) is 91.0 Å². The number of cyclic esters (lactones) is 1. The number of hydrogen-bond donors (Lipinski definition) is 3. The minimum absolute atomic E-state index is 0.0104. The van der Waals surface area contributed by atoms with E-state index >= 15 is 0 Å². The number of likely N-dealkylation sites (tertiary alicyclic amines) is 1. The summed E-state index contributed by atoms with van der Waals surface area (Å²) in [5.74, 6) is -1.83. The van der Waals surface area contributed by atoms with Crippen molar-refractivity contribution in [3.63, 3.8) is 0 Å². The van der Waals surface area contributed by atoms with Crippen LogP contribution in [0.4, 0.5) is 4.79 Å². The summed E-state index contributed by atoms with van der Waals surface area (Å²) in [5.41, 5.74) is 5.37. The Kier molecular flexibility index (Phi) is 11.6. The van der Waals surface area contributed by atoms with E-state index in [0.29, 0.717) is 25.8 Å². The van der Waals surface area contributed by atoms with Crippen LogP contribution in [0.3, 0.4) is 0 Å². The number of alkyl carbamates (subject to hydrolysis) is 1. The van der Waals surface area contributed by atoms with E-state index in [1.165, 1.54) is 0 Å². The van der Waals surface area contributed by atoms with E-state index in [1.807, 2.05) is 78.9 Å². The van der Waals surface area contributed by atoms with Gasteiger partial charge in [0.1, 0.15) is 19.3 Å². The Labute approximate surface area is 292 Å². The van der Waals surface area contributed by atoms with Crippen molar-refractivity contribution >= 4 is 23.9 Å². The molecule has 50 heavy (non-hydrogen) atoms. The van der Waals surface area contributed by atoms with E-state index in [1.54, 1.807) is 4.90 Å². The molecular weight excluding hydrogens is 634 g/mol. The maximum absolute atomic E-state index is 13.7. The number of allylic oxidation sites excluding steroid dienone is 2. The third kappa shape index (κ3) is 8.42. The van der Waals surface area contributed by atoms with Gasteiger partial charge in [-0.3, -0.25) is 9.59 Å². The first kappa shape index (κ1) is 34.9. The number of fused-ring (bicyclic) bond motifs is 3. The molecule has 3 aromatic rings. The number of hydrogen-bond acceptors (Lipinski definition) is 7. The highest BCUT2D eigenvalue weighted by Gasteiger charge is 2.33. The van der Waals surface area contributed by atoms with Crippen molar-refractivity contribution < 1.29 is 33.8 Å². The summed E-state index contributed by atoms with van der Waals surface area (Å²) in [4.78, 5) is 55.2. The first-order valence-electron chi connectivity index (χ1n) is 17.6. The average molecular weight is 680 g/mol. The zero-order chi connectivity index (χ0) is 34.9. The predicted molar refractivity (Wildman–Crippen MR) is 188 cm³/mol. The fourth-order valence-electron chi connectivity index (χ4n) is 7.29. The Morgan fingerprint density at radius 1 is 0.920 bits per heavy atom. The molecule has 2 aliphatic heterocycles. The zero-order valence-electron chi connectivity index (χ0n) is 28.2. The van der Waals surface area contributed by atoms with E-state index in [0.717, 1.165) is 40.7 Å². The monoisotopic (exact) mass is 679 g/mol. The molecule has 3 aliphatic rings. The molecular formula is C40H45N3O7. The van der Waals surface area contributed by atoms with Crippen LogP contribution in [0.5, 0.6) is 0 Å². The number of aliphatic hydroxyl groups is 1. The number of carbonyl (C=O) groups excluding carboxylic acids is 4. The lowest BCUT2D eigenvalue weighted by Crippen LogP contribution is -2.47. The molecule has 3 N–H and O–H groups in total. The Balaban J connectivity index is 1.13. The third-order valence-corrected chi connectivity index (χ3v) is 9.93. The number of ether oxygens (including phenoxy) is 2. The molecule has 10 heteroatoms. The minimum Gasteiger partial charge on any atom is -0.462 e. The van der Waals surface area contributed by atoms with Gasteiger partial charge in [0.25, 0.3) is 0 Å². The zero-order valence-corrected chi connectivity index (χ0v) is 28.2. The molecule has 0 spiro atoms. The minimum atomic E-state index is -0.966. The number of rotatable bonds is 8. The molecule has 6 rings (SSSR count). The second-order valence-corrected chi connectivity index (χ2v) is 13.3. The molecule has 0 unspecified atom stereocenters. The quantitative estimate of drug-likeness (QED) is 0.228. The molecule has 1 aliphatic carbocycles. The van der Waals surface area contributed by atoms with E-state index in [9.17, 15) is 24.3 Å². The summed E-state index contributed by atoms with van der Waals surface area (Å²) in [6.07, 6.45) is 6.00. The number of esters is 1. The highest BCUT2D eigenvalue weighted by Crippen LogP contribution is 2.44. The summed E-state index contributed by atoms with van der Waals surface area (Å²) >= 11 is 0. The van der Waals surface area contributed by atoms with Gasteiger partial charge in [-0.25, -0.2) is 9.59 Å². The van der Waals surface area contributed by atoms with Crippen LogP contribution in [0, 0.1) is 5.92 Å². The largest absolute Gasteiger partial charge is 0.462 e. The van der Waals surface area contributed by atoms with Gasteiger partial charge in [0, 0.05) is 18.9 Å². The van der Waals surface area contributed by atoms with Gasteiger partial charge in [0.15, 0.2) is 0 Å². The average Bonchev–Trinajstić information content (AvgIpc) is 3.75. The van der Waals surface area contributed by atoms with Crippen molar-refractivity contribution in [3.8, 4) is 11.1 Å². The summed E-state index contributed by atoms with van der Waals surface area (Å²) < 4.78 is 11.5. The molecule has 0 saturated carbocycles. The molecule has 4 atom stereocenters. The lowest BCUT2D eigenvalue weighted by Gasteiger charge is -2.26. The van der Waals surface area contributed by atoms with Gasteiger partial charge in [0.05, 0.1) is 24.6 Å². The van der Waals surface area contributed by atoms with Gasteiger partial charge >= 0.3 is 12.1 Å². The van der Waals surface area contributed by atoms with Gasteiger partial charge in [-0.2, -0.15) is 0 Å². The van der Waals surface area contributed by atoms with Crippen LogP contribution >= 0.6 is 0 Å². The maximum atomic E-state index is 13.7. The standard InChI is InChI=1S/C40H45N3O7/c44-24-30-15-11-21-43(30)37(45)23-28-14-5-2-6-20-36(39(47)49-25-29(41-38(28)46)22-27-12-3-1-4-13-27)42-40(48)50-26-35-33-18-9-7-16-31(33)32-17-8-10-19-34(32)35/h1-5,7-10,12-13,16-19,28-30,35-36,44H,6,11,14-15,20-26H2,(H,41,46)(H,42,48)/t28-,29-,30+,36+/m1/s1.